The Morgan fingerprint density at radius 1 is 1.12 bits per heavy atom. The summed E-state index contributed by atoms with van der Waals surface area (Å²) in [5.41, 5.74) is 12.5. The summed E-state index contributed by atoms with van der Waals surface area (Å²) in [7, 11) is 3.40. The number of hydrogen-bond acceptors (Lipinski definition) is 9. The second-order valence-electron chi connectivity index (χ2n) is 12.7. The number of primary amides is 1. The Morgan fingerprint density at radius 3 is 2.37 bits per heavy atom. The molecule has 1 spiro atoms. The zero-order chi connectivity index (χ0) is 29.8. The van der Waals surface area contributed by atoms with E-state index >= 15 is 0 Å². The summed E-state index contributed by atoms with van der Waals surface area (Å²) in [5, 5.41) is 45.0. The van der Waals surface area contributed by atoms with Crippen LogP contribution in [0, 0.1) is 11.8 Å². The fourth-order valence-corrected chi connectivity index (χ4v) is 7.46. The number of fused-ring (bicyclic) bond motifs is 2. The quantitative estimate of drug-likeness (QED) is 0.298. The van der Waals surface area contributed by atoms with E-state index in [4.69, 9.17) is 16.2 Å². The highest BCUT2D eigenvalue weighted by molar-refractivity contribution is 6.14. The number of carbonyl (C=O) groups excluding carboxylic acids is 2. The third kappa shape index (κ3) is 3.71. The largest absolute Gasteiger partial charge is 0.510 e. The molecule has 1 fully saturated rings. The molecule has 3 aliphatic carbocycles. The molecule has 0 aromatic heterocycles. The molecule has 10 nitrogen and oxygen atoms in total. The van der Waals surface area contributed by atoms with Crippen molar-refractivity contribution in [1.82, 2.24) is 4.90 Å². The molecule has 216 valence electrons. The Hall–Kier alpha value is -3.70. The van der Waals surface area contributed by atoms with Crippen molar-refractivity contribution in [2.45, 2.75) is 56.1 Å². The van der Waals surface area contributed by atoms with Crippen LogP contribution in [-0.4, -0.2) is 74.1 Å². The molecule has 41 heavy (non-hydrogen) atoms. The molecule has 1 amide bonds. The topological polar surface area (TPSA) is 183 Å². The van der Waals surface area contributed by atoms with Crippen molar-refractivity contribution in [2.75, 3.05) is 14.1 Å². The summed E-state index contributed by atoms with van der Waals surface area (Å²) in [6, 6.07) is 10.3. The number of ketones is 1. The van der Waals surface area contributed by atoms with Gasteiger partial charge in [-0.1, -0.05) is 30.3 Å². The van der Waals surface area contributed by atoms with Gasteiger partial charge in [0, 0.05) is 17.0 Å². The van der Waals surface area contributed by atoms with E-state index in [0.717, 1.165) is 16.7 Å². The number of nitrogens with zero attached hydrogens (tertiary/aromatic N) is 1. The number of rotatable bonds is 5. The predicted molar refractivity (Wildman–Crippen MR) is 150 cm³/mol. The van der Waals surface area contributed by atoms with Gasteiger partial charge in [0.05, 0.1) is 11.6 Å². The molecule has 10 heteroatoms. The highest BCUT2D eigenvalue weighted by Gasteiger charge is 2.84. The Morgan fingerprint density at radius 2 is 1.78 bits per heavy atom. The molecule has 1 unspecified atom stereocenters. The van der Waals surface area contributed by atoms with Crippen molar-refractivity contribution in [3.05, 3.63) is 75.8 Å². The Balaban J connectivity index is 1.47. The minimum atomic E-state index is -2.37. The monoisotopic (exact) mass is 561 g/mol. The second kappa shape index (κ2) is 8.65. The molecule has 0 radical (unpaired) electrons. The summed E-state index contributed by atoms with van der Waals surface area (Å²) in [6.07, 6.45) is 1.27. The number of ether oxygens (including phenoxy) is 1. The minimum absolute atomic E-state index is 0.0281. The van der Waals surface area contributed by atoms with Gasteiger partial charge in [-0.2, -0.15) is 0 Å². The first-order chi connectivity index (χ1) is 19.1. The van der Waals surface area contributed by atoms with Crippen LogP contribution in [0.3, 0.4) is 0 Å². The lowest BCUT2D eigenvalue weighted by Crippen LogP contribution is -2.57. The number of hydrogen-bond donors (Lipinski definition) is 6. The Kier molecular flexibility index (Phi) is 5.80. The van der Waals surface area contributed by atoms with Crippen molar-refractivity contribution in [1.29, 1.82) is 0 Å². The van der Waals surface area contributed by atoms with Crippen LogP contribution in [0.25, 0.3) is 11.1 Å². The number of aromatic hydroxyl groups is 1. The summed E-state index contributed by atoms with van der Waals surface area (Å²) < 4.78 is 5.73. The molecule has 2 aromatic carbocycles. The second-order valence-corrected chi connectivity index (χ2v) is 12.7. The third-order valence-electron chi connectivity index (χ3n) is 9.04. The smallest absolute Gasteiger partial charge is 0.253 e. The molecule has 5 atom stereocenters. The fourth-order valence-electron chi connectivity index (χ4n) is 7.46. The maximum Gasteiger partial charge on any atom is 0.253 e. The molecule has 1 heterocycles. The lowest BCUT2D eigenvalue weighted by molar-refractivity contribution is -0.117. The Bertz CT molecular complexity index is 1570. The van der Waals surface area contributed by atoms with Crippen LogP contribution in [0.15, 0.2) is 59.1 Å². The average Bonchev–Trinajstić information content (AvgIpc) is 3.49. The zero-order valence-corrected chi connectivity index (χ0v) is 23.4. The van der Waals surface area contributed by atoms with E-state index in [1.807, 2.05) is 38.1 Å². The number of phenolic OH excluding ortho intramolecular Hbond substituents is 1. The van der Waals surface area contributed by atoms with Gasteiger partial charge >= 0.3 is 0 Å². The number of phenols is 1. The molecule has 6 rings (SSSR count). The normalized spacial score (nSPS) is 30.5. The number of Topliss-reactive ketones (excluding diaryl/α,β-unsaturated/α-hetero) is 1. The van der Waals surface area contributed by atoms with Gasteiger partial charge in [0.25, 0.3) is 5.91 Å². The first-order valence-corrected chi connectivity index (χ1v) is 13.7. The zero-order valence-electron chi connectivity index (χ0n) is 23.4. The van der Waals surface area contributed by atoms with Crippen LogP contribution in [0.2, 0.25) is 0 Å². The number of allylic oxidation sites excluding steroid dienone is 1. The van der Waals surface area contributed by atoms with E-state index in [0.29, 0.717) is 18.4 Å². The minimum Gasteiger partial charge on any atom is -0.510 e. The molecule has 8 N–H and O–H groups in total. The van der Waals surface area contributed by atoms with Crippen molar-refractivity contribution < 1.29 is 34.8 Å². The molecule has 0 saturated carbocycles. The fraction of sp³-hybridized carbons (Fsp3) is 0.419. The highest BCUT2D eigenvalue weighted by Crippen LogP contribution is 2.68. The van der Waals surface area contributed by atoms with Crippen molar-refractivity contribution in [3.8, 4) is 16.9 Å². The van der Waals surface area contributed by atoms with Gasteiger partial charge in [-0.3, -0.25) is 14.5 Å². The predicted octanol–water partition coefficient (Wildman–Crippen LogP) is 2.22. The lowest BCUT2D eigenvalue weighted by Gasteiger charge is -2.46. The van der Waals surface area contributed by atoms with E-state index in [1.54, 1.807) is 25.1 Å². The molecule has 1 saturated heterocycles. The number of nitrogens with two attached hydrogens (primary N) is 2. The summed E-state index contributed by atoms with van der Waals surface area (Å²) in [4.78, 5) is 28.0. The first kappa shape index (κ1) is 27.5. The van der Waals surface area contributed by atoms with Crippen LogP contribution in [0.5, 0.6) is 5.75 Å². The lowest BCUT2D eigenvalue weighted by atomic mass is 9.60. The average molecular weight is 562 g/mol. The van der Waals surface area contributed by atoms with E-state index in [2.05, 4.69) is 0 Å². The molecule has 1 aliphatic heterocycles. The number of aliphatic hydroxyl groups is 3. The summed E-state index contributed by atoms with van der Waals surface area (Å²) >= 11 is 0. The van der Waals surface area contributed by atoms with Crippen molar-refractivity contribution >= 4 is 11.7 Å². The SMILES string of the molecule is CN(C)[C@@H]1C(O)=C(C(N)=O)C2(O)O[C@@]23C(O)=C2C(=O)c4c(O)ccc(-c5ccc(CC(C)(C)N)cc5)c4C[C@H]2C[C@@H]13. The number of epoxide rings is 1. The van der Waals surface area contributed by atoms with Gasteiger partial charge in [-0.05, 0) is 81.4 Å². The van der Waals surface area contributed by atoms with Crippen LogP contribution < -0.4 is 11.5 Å². The summed E-state index contributed by atoms with van der Waals surface area (Å²) in [5.74, 6) is -6.35. The maximum absolute atomic E-state index is 14.0. The summed E-state index contributed by atoms with van der Waals surface area (Å²) in [6.45, 7) is 3.92. The third-order valence-corrected chi connectivity index (χ3v) is 9.04. The van der Waals surface area contributed by atoms with Gasteiger partial charge in [0.2, 0.25) is 5.79 Å². The van der Waals surface area contributed by atoms with E-state index < -0.39 is 58.0 Å². The number of likely N-dealkylation sites (N-methyl/N-ethyl adjacent to an activating group) is 1. The molecule has 0 bridgehead atoms. The van der Waals surface area contributed by atoms with E-state index in [1.165, 1.54) is 6.07 Å². The van der Waals surface area contributed by atoms with Crippen molar-refractivity contribution in [3.63, 3.8) is 0 Å². The van der Waals surface area contributed by atoms with Gasteiger partial charge in [0.1, 0.15) is 22.8 Å². The van der Waals surface area contributed by atoms with Crippen LogP contribution in [0.1, 0.15) is 41.8 Å². The highest BCUT2D eigenvalue weighted by atomic mass is 16.8. The van der Waals surface area contributed by atoms with Gasteiger partial charge < -0.3 is 36.6 Å². The van der Waals surface area contributed by atoms with Gasteiger partial charge in [-0.15, -0.1) is 0 Å². The van der Waals surface area contributed by atoms with Gasteiger partial charge in [-0.25, -0.2) is 0 Å². The van der Waals surface area contributed by atoms with Gasteiger partial charge in [0.15, 0.2) is 11.4 Å². The molecule has 4 aliphatic rings. The number of aliphatic hydroxyl groups excluding tert-OH is 2. The molecular weight excluding hydrogens is 526 g/mol. The molecule has 2 aromatic rings. The van der Waals surface area contributed by atoms with E-state index in [9.17, 15) is 30.0 Å². The van der Waals surface area contributed by atoms with Crippen LogP contribution in [-0.2, 0) is 22.4 Å². The van der Waals surface area contributed by atoms with E-state index in [-0.39, 0.29) is 28.8 Å². The molecular formula is C31H35N3O7. The first-order valence-electron chi connectivity index (χ1n) is 13.7. The van der Waals surface area contributed by atoms with Crippen LogP contribution in [0.4, 0.5) is 0 Å². The van der Waals surface area contributed by atoms with Crippen LogP contribution >= 0.6 is 0 Å². The Labute approximate surface area is 237 Å². The maximum atomic E-state index is 14.0. The van der Waals surface area contributed by atoms with Crippen molar-refractivity contribution in [2.24, 2.45) is 23.3 Å². The number of amides is 1. The number of benzene rings is 2. The standard InChI is InChI=1S/C31H35N3O7/c1-29(2,33)13-14-5-7-15(8-6-14)17-9-10-20(35)22-18(17)11-16-12-19-24(34(3)4)26(37)23(28(32)39)31(40)30(19,41-31)27(38)21(16)25(22)36/h5-10,16,19,24,35,37-38,40H,11-13,33H2,1-4H3,(H2,32,39)/t16-,19-,24-,30-,31?/m0/s1. The number of carbonyl (C=O) groups is 2.